The monoisotopic (exact) mass is 260 g/mol. The molecule has 1 rings (SSSR count). The molecule has 0 radical (unpaired) electrons. The smallest absolute Gasteiger partial charge is 0.257 e. The van der Waals surface area contributed by atoms with E-state index in [0.717, 1.165) is 19.4 Å². The summed E-state index contributed by atoms with van der Waals surface area (Å²) in [4.78, 5) is 8.65. The van der Waals surface area contributed by atoms with Crippen molar-refractivity contribution in [3.63, 3.8) is 0 Å². The number of aromatic nitrogens is 2. The molecule has 1 aromatic heterocycles. The van der Waals surface area contributed by atoms with E-state index in [9.17, 15) is 8.42 Å². The fourth-order valence-electron chi connectivity index (χ4n) is 1.37. The van der Waals surface area contributed by atoms with E-state index < -0.39 is 10.0 Å². The van der Waals surface area contributed by atoms with Crippen LogP contribution in [-0.2, 0) is 10.0 Å². The molecule has 0 atom stereocenters. The zero-order valence-corrected chi connectivity index (χ0v) is 11.3. The average molecular weight is 260 g/mol. The zero-order valence-electron chi connectivity index (χ0n) is 10.5. The molecule has 0 saturated carbocycles. The van der Waals surface area contributed by atoms with Gasteiger partial charge in [0.05, 0.1) is 6.20 Å². The lowest BCUT2D eigenvalue weighted by Crippen LogP contribution is -2.25. The summed E-state index contributed by atoms with van der Waals surface area (Å²) in [5.74, 6) is 0.595. The Morgan fingerprint density at radius 2 is 2.12 bits per heavy atom. The number of aromatic amines is 1. The molecule has 0 aliphatic heterocycles. The van der Waals surface area contributed by atoms with E-state index in [4.69, 9.17) is 0 Å². The van der Waals surface area contributed by atoms with Gasteiger partial charge < -0.3 is 9.88 Å². The molecule has 98 valence electrons. The van der Waals surface area contributed by atoms with Crippen LogP contribution in [0.25, 0.3) is 0 Å². The highest BCUT2D eigenvalue weighted by Gasteiger charge is 2.15. The van der Waals surface area contributed by atoms with Crippen LogP contribution in [0.1, 0.15) is 18.7 Å². The van der Waals surface area contributed by atoms with Crippen molar-refractivity contribution in [1.82, 2.24) is 19.6 Å². The molecule has 0 fully saturated rings. The molecule has 0 spiro atoms. The maximum atomic E-state index is 11.7. The van der Waals surface area contributed by atoms with Gasteiger partial charge in [-0.3, -0.25) is 0 Å². The highest BCUT2D eigenvalue weighted by atomic mass is 32.2. The highest BCUT2D eigenvalue weighted by Crippen LogP contribution is 2.04. The van der Waals surface area contributed by atoms with Gasteiger partial charge in [0.25, 0.3) is 10.0 Å². The lowest BCUT2D eigenvalue weighted by Gasteiger charge is -2.09. The van der Waals surface area contributed by atoms with Crippen LogP contribution in [0.5, 0.6) is 0 Å². The molecule has 0 bridgehead atoms. The number of nitrogens with one attached hydrogen (secondary N) is 2. The summed E-state index contributed by atoms with van der Waals surface area (Å²) in [5, 5.41) is 0.127. The van der Waals surface area contributed by atoms with Crippen molar-refractivity contribution in [2.45, 2.75) is 24.8 Å². The normalized spacial score (nSPS) is 12.2. The largest absolute Gasteiger partial charge is 0.332 e. The molecule has 2 N–H and O–H groups in total. The molecule has 0 amide bonds. The van der Waals surface area contributed by atoms with E-state index in [1.54, 1.807) is 6.92 Å². The van der Waals surface area contributed by atoms with Crippen molar-refractivity contribution in [3.05, 3.63) is 12.0 Å². The quantitative estimate of drug-likeness (QED) is 0.693. The Morgan fingerprint density at radius 1 is 1.41 bits per heavy atom. The minimum Gasteiger partial charge on any atom is -0.332 e. The van der Waals surface area contributed by atoms with Gasteiger partial charge in [0.2, 0.25) is 0 Å². The van der Waals surface area contributed by atoms with Crippen LogP contribution in [0, 0.1) is 6.92 Å². The fraction of sp³-hybridized carbons (Fsp3) is 0.700. The third-order valence-corrected chi connectivity index (χ3v) is 3.66. The summed E-state index contributed by atoms with van der Waals surface area (Å²) in [6.07, 6.45) is 3.12. The van der Waals surface area contributed by atoms with Crippen LogP contribution in [-0.4, -0.2) is 50.5 Å². The fourth-order valence-corrected chi connectivity index (χ4v) is 2.41. The van der Waals surface area contributed by atoms with Crippen LogP contribution >= 0.6 is 0 Å². The molecule has 0 saturated heterocycles. The second kappa shape index (κ2) is 6.13. The first-order valence-corrected chi connectivity index (χ1v) is 7.06. The van der Waals surface area contributed by atoms with Gasteiger partial charge in [0.15, 0.2) is 5.03 Å². The van der Waals surface area contributed by atoms with Crippen LogP contribution in [0.3, 0.4) is 0 Å². The number of nitrogens with zero attached hydrogens (tertiary/aromatic N) is 2. The van der Waals surface area contributed by atoms with Gasteiger partial charge in [0, 0.05) is 6.54 Å². The Labute approximate surface area is 102 Å². The third kappa shape index (κ3) is 4.84. The molecule has 0 aliphatic rings. The van der Waals surface area contributed by atoms with Crippen molar-refractivity contribution in [2.75, 3.05) is 27.2 Å². The van der Waals surface area contributed by atoms with Crippen molar-refractivity contribution in [3.8, 4) is 0 Å². The molecular formula is C10H20N4O2S. The topological polar surface area (TPSA) is 78.1 Å². The standard InChI is InChI=1S/C10H20N4O2S/c1-9-11-8-10(13-9)17(15,16)12-6-4-5-7-14(2)3/h8,12H,4-7H2,1-3H3,(H,11,13). The summed E-state index contributed by atoms with van der Waals surface area (Å²) < 4.78 is 26.0. The number of sulfonamides is 1. The van der Waals surface area contributed by atoms with Crippen LogP contribution in [0.15, 0.2) is 11.2 Å². The van der Waals surface area contributed by atoms with Crippen molar-refractivity contribution in [1.29, 1.82) is 0 Å². The molecule has 0 unspecified atom stereocenters. The van der Waals surface area contributed by atoms with E-state index >= 15 is 0 Å². The van der Waals surface area contributed by atoms with Crippen LogP contribution in [0.4, 0.5) is 0 Å². The molecule has 7 heteroatoms. The zero-order chi connectivity index (χ0) is 12.9. The number of H-pyrrole nitrogens is 1. The third-order valence-electron chi connectivity index (χ3n) is 2.29. The Hall–Kier alpha value is -0.920. The number of hydrogen-bond acceptors (Lipinski definition) is 4. The molecule has 0 aromatic carbocycles. The Kier molecular flexibility index (Phi) is 5.10. The number of imidazole rings is 1. The predicted molar refractivity (Wildman–Crippen MR) is 66.3 cm³/mol. The molecule has 1 aromatic rings. The maximum absolute atomic E-state index is 11.7. The van der Waals surface area contributed by atoms with Crippen LogP contribution < -0.4 is 4.72 Å². The van der Waals surface area contributed by atoms with Gasteiger partial charge in [-0.1, -0.05) is 0 Å². The van der Waals surface area contributed by atoms with Gasteiger partial charge in [-0.05, 0) is 40.4 Å². The van der Waals surface area contributed by atoms with Crippen LogP contribution in [0.2, 0.25) is 0 Å². The van der Waals surface area contributed by atoms with E-state index in [0.29, 0.717) is 12.4 Å². The highest BCUT2D eigenvalue weighted by molar-refractivity contribution is 7.89. The number of hydrogen-bond donors (Lipinski definition) is 2. The molecular weight excluding hydrogens is 240 g/mol. The minimum atomic E-state index is -3.42. The second-order valence-corrected chi connectivity index (χ2v) is 5.98. The SMILES string of the molecule is Cc1ncc(S(=O)(=O)NCCCCN(C)C)[nH]1. The van der Waals surface area contributed by atoms with E-state index in [1.165, 1.54) is 6.20 Å². The van der Waals surface area contributed by atoms with Crippen molar-refractivity contribution in [2.24, 2.45) is 0 Å². The first-order valence-electron chi connectivity index (χ1n) is 5.58. The Balaban J connectivity index is 2.36. The van der Waals surface area contributed by atoms with Gasteiger partial charge >= 0.3 is 0 Å². The van der Waals surface area contributed by atoms with E-state index in [-0.39, 0.29) is 5.03 Å². The summed E-state index contributed by atoms with van der Waals surface area (Å²) in [6, 6.07) is 0. The average Bonchev–Trinajstić information content (AvgIpc) is 2.64. The summed E-state index contributed by atoms with van der Waals surface area (Å²) >= 11 is 0. The van der Waals surface area contributed by atoms with E-state index in [1.807, 2.05) is 14.1 Å². The Bertz CT molecular complexity index is 439. The summed E-state index contributed by atoms with van der Waals surface area (Å²) in [5.41, 5.74) is 0. The van der Waals surface area contributed by atoms with Gasteiger partial charge in [-0.15, -0.1) is 0 Å². The van der Waals surface area contributed by atoms with Crippen molar-refractivity contribution >= 4 is 10.0 Å². The lowest BCUT2D eigenvalue weighted by atomic mass is 10.3. The van der Waals surface area contributed by atoms with E-state index in [2.05, 4.69) is 19.6 Å². The number of unbranched alkanes of at least 4 members (excludes halogenated alkanes) is 1. The predicted octanol–water partition coefficient (Wildman–Crippen LogP) is 0.338. The van der Waals surface area contributed by atoms with Gasteiger partial charge in [-0.25, -0.2) is 18.1 Å². The van der Waals surface area contributed by atoms with Crippen molar-refractivity contribution < 1.29 is 8.42 Å². The maximum Gasteiger partial charge on any atom is 0.257 e. The van der Waals surface area contributed by atoms with Gasteiger partial charge in [-0.2, -0.15) is 0 Å². The molecule has 6 nitrogen and oxygen atoms in total. The van der Waals surface area contributed by atoms with Gasteiger partial charge in [0.1, 0.15) is 5.82 Å². The lowest BCUT2D eigenvalue weighted by molar-refractivity contribution is 0.394. The minimum absolute atomic E-state index is 0.127. The number of aryl methyl sites for hydroxylation is 1. The molecule has 1 heterocycles. The molecule has 17 heavy (non-hydrogen) atoms. The Morgan fingerprint density at radius 3 is 2.65 bits per heavy atom. The molecule has 0 aliphatic carbocycles. The first kappa shape index (κ1) is 14.1. The summed E-state index contributed by atoms with van der Waals surface area (Å²) in [6.45, 7) is 3.13. The first-order chi connectivity index (χ1) is 7.92. The summed E-state index contributed by atoms with van der Waals surface area (Å²) in [7, 11) is 0.573. The number of rotatable bonds is 7. The second-order valence-electron chi connectivity index (χ2n) is 4.24.